The van der Waals surface area contributed by atoms with Gasteiger partial charge in [0.25, 0.3) is 0 Å². The molecular formula is C11H15FO2S. The summed E-state index contributed by atoms with van der Waals surface area (Å²) in [5.74, 6) is -0.293. The Bertz CT molecular complexity index is 450. The molecule has 0 atom stereocenters. The van der Waals surface area contributed by atoms with Crippen LogP contribution in [0.25, 0.3) is 0 Å². The Labute approximate surface area is 90.0 Å². The van der Waals surface area contributed by atoms with E-state index in [2.05, 4.69) is 0 Å². The minimum atomic E-state index is -3.12. The summed E-state index contributed by atoms with van der Waals surface area (Å²) in [4.78, 5) is 0. The molecule has 0 bridgehead atoms. The molecule has 0 aliphatic carbocycles. The predicted molar refractivity (Wildman–Crippen MR) is 59.0 cm³/mol. The summed E-state index contributed by atoms with van der Waals surface area (Å²) in [6.07, 6.45) is 1.15. The van der Waals surface area contributed by atoms with Crippen molar-refractivity contribution in [1.29, 1.82) is 0 Å². The highest BCUT2D eigenvalue weighted by Gasteiger charge is 2.12. The molecule has 0 radical (unpaired) electrons. The Morgan fingerprint density at radius 3 is 2.40 bits per heavy atom. The van der Waals surface area contributed by atoms with Crippen molar-refractivity contribution in [3.63, 3.8) is 0 Å². The standard InChI is InChI=1S/C11H15FO2S/c1-8(2)11-5-4-10(12)6-9(11)7-15(3,13)14/h4-6,8H,7H2,1-3H3. The molecule has 0 aliphatic heterocycles. The third kappa shape index (κ3) is 3.63. The lowest BCUT2D eigenvalue weighted by Gasteiger charge is -2.11. The second-order valence-corrected chi connectivity index (χ2v) is 6.21. The van der Waals surface area contributed by atoms with Crippen molar-refractivity contribution < 1.29 is 12.8 Å². The molecule has 1 aromatic carbocycles. The Morgan fingerprint density at radius 2 is 1.93 bits per heavy atom. The van der Waals surface area contributed by atoms with Crippen LogP contribution in [-0.4, -0.2) is 14.7 Å². The van der Waals surface area contributed by atoms with Gasteiger partial charge in [0.05, 0.1) is 5.75 Å². The average molecular weight is 230 g/mol. The van der Waals surface area contributed by atoms with Crippen LogP contribution in [0.4, 0.5) is 4.39 Å². The number of sulfone groups is 1. The van der Waals surface area contributed by atoms with Crippen LogP contribution >= 0.6 is 0 Å². The van der Waals surface area contributed by atoms with Crippen molar-refractivity contribution >= 4 is 9.84 Å². The lowest BCUT2D eigenvalue weighted by Crippen LogP contribution is -2.05. The van der Waals surface area contributed by atoms with E-state index in [0.29, 0.717) is 5.56 Å². The molecule has 0 amide bonds. The number of hydrogen-bond donors (Lipinski definition) is 0. The normalized spacial score (nSPS) is 12.1. The third-order valence-electron chi connectivity index (χ3n) is 2.14. The van der Waals surface area contributed by atoms with E-state index < -0.39 is 15.7 Å². The van der Waals surface area contributed by atoms with Gasteiger partial charge in [-0.1, -0.05) is 19.9 Å². The molecule has 1 rings (SSSR count). The van der Waals surface area contributed by atoms with Gasteiger partial charge in [0.1, 0.15) is 5.82 Å². The largest absolute Gasteiger partial charge is 0.229 e. The van der Waals surface area contributed by atoms with Crippen molar-refractivity contribution in [1.82, 2.24) is 0 Å². The van der Waals surface area contributed by atoms with E-state index >= 15 is 0 Å². The van der Waals surface area contributed by atoms with E-state index in [9.17, 15) is 12.8 Å². The van der Waals surface area contributed by atoms with Gasteiger partial charge >= 0.3 is 0 Å². The Hall–Kier alpha value is -0.900. The van der Waals surface area contributed by atoms with E-state index in [-0.39, 0.29) is 11.7 Å². The summed E-state index contributed by atoms with van der Waals surface area (Å²) in [7, 11) is -3.12. The van der Waals surface area contributed by atoms with Gasteiger partial charge in [0, 0.05) is 6.26 Å². The van der Waals surface area contributed by atoms with E-state index in [0.717, 1.165) is 11.8 Å². The quantitative estimate of drug-likeness (QED) is 0.799. The van der Waals surface area contributed by atoms with Gasteiger partial charge in [0.15, 0.2) is 9.84 Å². The molecule has 0 fully saturated rings. The smallest absolute Gasteiger partial charge is 0.151 e. The predicted octanol–water partition coefficient (Wildman–Crippen LogP) is 2.49. The van der Waals surface area contributed by atoms with Crippen molar-refractivity contribution in [2.45, 2.75) is 25.5 Å². The van der Waals surface area contributed by atoms with Gasteiger partial charge in [-0.15, -0.1) is 0 Å². The second kappa shape index (κ2) is 4.31. The highest BCUT2D eigenvalue weighted by atomic mass is 32.2. The zero-order valence-electron chi connectivity index (χ0n) is 9.12. The fourth-order valence-electron chi connectivity index (χ4n) is 1.55. The zero-order chi connectivity index (χ0) is 11.6. The topological polar surface area (TPSA) is 34.1 Å². The van der Waals surface area contributed by atoms with E-state index in [1.165, 1.54) is 12.1 Å². The van der Waals surface area contributed by atoms with Crippen LogP contribution < -0.4 is 0 Å². The van der Waals surface area contributed by atoms with Gasteiger partial charge in [0.2, 0.25) is 0 Å². The van der Waals surface area contributed by atoms with E-state index in [4.69, 9.17) is 0 Å². The van der Waals surface area contributed by atoms with Gasteiger partial charge in [-0.2, -0.15) is 0 Å². The van der Waals surface area contributed by atoms with E-state index in [1.807, 2.05) is 13.8 Å². The minimum Gasteiger partial charge on any atom is -0.229 e. The molecule has 84 valence electrons. The molecule has 15 heavy (non-hydrogen) atoms. The van der Waals surface area contributed by atoms with Crippen LogP contribution in [0.5, 0.6) is 0 Å². The first-order chi connectivity index (χ1) is 6.79. The Morgan fingerprint density at radius 1 is 1.33 bits per heavy atom. The Kier molecular flexibility index (Phi) is 3.50. The van der Waals surface area contributed by atoms with Gasteiger partial charge in [-0.3, -0.25) is 0 Å². The van der Waals surface area contributed by atoms with Gasteiger partial charge < -0.3 is 0 Å². The summed E-state index contributed by atoms with van der Waals surface area (Å²) < 4.78 is 35.3. The van der Waals surface area contributed by atoms with Crippen LogP contribution in [0.1, 0.15) is 30.9 Å². The van der Waals surface area contributed by atoms with Crippen LogP contribution in [0.3, 0.4) is 0 Å². The minimum absolute atomic E-state index is 0.0989. The molecule has 0 N–H and O–H groups in total. The molecule has 0 saturated heterocycles. The fourth-order valence-corrected chi connectivity index (χ4v) is 2.36. The van der Waals surface area contributed by atoms with E-state index in [1.54, 1.807) is 6.07 Å². The van der Waals surface area contributed by atoms with Crippen LogP contribution in [-0.2, 0) is 15.6 Å². The molecular weight excluding hydrogens is 215 g/mol. The van der Waals surface area contributed by atoms with Crippen LogP contribution in [0, 0.1) is 5.82 Å². The molecule has 4 heteroatoms. The lowest BCUT2D eigenvalue weighted by molar-refractivity contribution is 0.599. The van der Waals surface area contributed by atoms with Crippen molar-refractivity contribution in [3.05, 3.63) is 35.1 Å². The highest BCUT2D eigenvalue weighted by Crippen LogP contribution is 2.22. The van der Waals surface area contributed by atoms with Gasteiger partial charge in [-0.05, 0) is 29.2 Å². The molecule has 0 saturated carbocycles. The van der Waals surface area contributed by atoms with Crippen molar-refractivity contribution in [2.75, 3.05) is 6.26 Å². The molecule has 0 aromatic heterocycles. The average Bonchev–Trinajstić information content (AvgIpc) is 1.99. The molecule has 0 aliphatic rings. The fraction of sp³-hybridized carbons (Fsp3) is 0.455. The van der Waals surface area contributed by atoms with Crippen LogP contribution in [0.15, 0.2) is 18.2 Å². The maximum absolute atomic E-state index is 13.0. The summed E-state index contributed by atoms with van der Waals surface area (Å²) in [6.45, 7) is 3.91. The maximum atomic E-state index is 13.0. The third-order valence-corrected chi connectivity index (χ3v) is 2.98. The number of rotatable bonds is 3. The number of hydrogen-bond acceptors (Lipinski definition) is 2. The number of benzene rings is 1. The molecule has 2 nitrogen and oxygen atoms in total. The summed E-state index contributed by atoms with van der Waals surface area (Å²) in [6, 6.07) is 4.32. The molecule has 0 unspecified atom stereocenters. The summed E-state index contributed by atoms with van der Waals surface area (Å²) in [5, 5.41) is 0. The van der Waals surface area contributed by atoms with Crippen LogP contribution in [0.2, 0.25) is 0 Å². The number of halogens is 1. The molecule has 1 aromatic rings. The SMILES string of the molecule is CC(C)c1ccc(F)cc1CS(C)(=O)=O. The maximum Gasteiger partial charge on any atom is 0.151 e. The first kappa shape index (κ1) is 12.2. The van der Waals surface area contributed by atoms with Crippen molar-refractivity contribution in [3.8, 4) is 0 Å². The second-order valence-electron chi connectivity index (χ2n) is 4.07. The van der Waals surface area contributed by atoms with Crippen molar-refractivity contribution in [2.24, 2.45) is 0 Å². The van der Waals surface area contributed by atoms with Gasteiger partial charge in [-0.25, -0.2) is 12.8 Å². The lowest BCUT2D eigenvalue weighted by atomic mass is 9.98. The summed E-state index contributed by atoms with van der Waals surface area (Å²) >= 11 is 0. The highest BCUT2D eigenvalue weighted by molar-refractivity contribution is 7.89. The first-order valence-corrected chi connectivity index (χ1v) is 6.81. The molecule has 0 spiro atoms. The summed E-state index contributed by atoms with van der Waals surface area (Å²) in [5.41, 5.74) is 1.45. The Balaban J connectivity index is 3.19. The molecule has 0 heterocycles. The monoisotopic (exact) mass is 230 g/mol. The first-order valence-electron chi connectivity index (χ1n) is 4.75. The zero-order valence-corrected chi connectivity index (χ0v) is 9.94.